The Morgan fingerprint density at radius 1 is 1.02 bits per heavy atom. The summed E-state index contributed by atoms with van der Waals surface area (Å²) in [5.41, 5.74) is -4.98. The van der Waals surface area contributed by atoms with Gasteiger partial charge in [-0.1, -0.05) is 20.8 Å². The minimum atomic E-state index is -1.64. The highest BCUT2D eigenvalue weighted by Crippen LogP contribution is 2.68. The summed E-state index contributed by atoms with van der Waals surface area (Å²) in [6, 6.07) is 0. The highest BCUT2D eigenvalue weighted by molar-refractivity contribution is 5.95. The molecule has 0 amide bonds. The van der Waals surface area contributed by atoms with E-state index in [0.29, 0.717) is 31.3 Å². The molecule has 12 heteroatoms. The average Bonchev–Trinajstić information content (AvgIpc) is 3.25. The number of hydrogen-bond acceptors (Lipinski definition) is 12. The van der Waals surface area contributed by atoms with Crippen molar-refractivity contribution in [2.24, 2.45) is 34.5 Å². The summed E-state index contributed by atoms with van der Waals surface area (Å²) >= 11 is 0. The van der Waals surface area contributed by atoms with Gasteiger partial charge in [0.05, 0.1) is 41.7 Å². The number of aliphatic hydroxyl groups is 9. The van der Waals surface area contributed by atoms with Crippen molar-refractivity contribution < 1.29 is 60.2 Å². The van der Waals surface area contributed by atoms with Crippen LogP contribution in [0.1, 0.15) is 86.5 Å². The lowest BCUT2D eigenvalue weighted by molar-refractivity contribution is -0.322. The van der Waals surface area contributed by atoms with Gasteiger partial charge in [0.2, 0.25) is 0 Å². The summed E-state index contributed by atoms with van der Waals surface area (Å²) in [5, 5.41) is 97.8. The average molecular weight is 657 g/mol. The Morgan fingerprint density at radius 2 is 1.67 bits per heavy atom. The third-order valence-electron chi connectivity index (χ3n) is 13.4. The molecule has 5 rings (SSSR count). The van der Waals surface area contributed by atoms with Crippen molar-refractivity contribution in [1.82, 2.24) is 0 Å². The number of allylic oxidation sites excluding steroid dienone is 1. The van der Waals surface area contributed by atoms with E-state index in [4.69, 9.17) is 9.47 Å². The minimum absolute atomic E-state index is 0.102. The Hall–Kier alpha value is -1.03. The van der Waals surface area contributed by atoms with Crippen LogP contribution in [-0.4, -0.2) is 124 Å². The molecule has 0 unspecified atom stereocenters. The molecule has 4 aliphatic carbocycles. The Labute approximate surface area is 271 Å². The van der Waals surface area contributed by atoms with Crippen molar-refractivity contribution in [3.63, 3.8) is 0 Å². The first-order chi connectivity index (χ1) is 21.1. The predicted molar refractivity (Wildman–Crippen MR) is 164 cm³/mol. The van der Waals surface area contributed by atoms with Gasteiger partial charge in [0.25, 0.3) is 0 Å². The molecule has 0 bridgehead atoms. The fourth-order valence-corrected chi connectivity index (χ4v) is 9.89. The second-order valence-electron chi connectivity index (χ2n) is 16.4. The minimum Gasteiger partial charge on any atom is -0.394 e. The van der Waals surface area contributed by atoms with Gasteiger partial charge in [-0.15, -0.1) is 0 Å². The summed E-state index contributed by atoms with van der Waals surface area (Å²) in [5.74, 6) is -1.79. The lowest BCUT2D eigenvalue weighted by Crippen LogP contribution is -2.64. The number of ether oxygens (including phenoxy) is 2. The summed E-state index contributed by atoms with van der Waals surface area (Å²) in [4.78, 5) is 13.9. The lowest BCUT2D eigenvalue weighted by atomic mass is 9.45. The highest BCUT2D eigenvalue weighted by Gasteiger charge is 2.69. The molecule has 12 nitrogen and oxygen atoms in total. The Bertz CT molecular complexity index is 1180. The van der Waals surface area contributed by atoms with Gasteiger partial charge < -0.3 is 55.4 Å². The zero-order valence-electron chi connectivity index (χ0n) is 27.9. The fraction of sp³-hybridized carbons (Fsp3) is 0.912. The quantitative estimate of drug-likeness (QED) is 0.168. The number of carbonyl (C=O) groups is 1. The van der Waals surface area contributed by atoms with Gasteiger partial charge in [-0.05, 0) is 101 Å². The van der Waals surface area contributed by atoms with Crippen LogP contribution in [0.4, 0.5) is 0 Å². The van der Waals surface area contributed by atoms with Crippen LogP contribution in [0.5, 0.6) is 0 Å². The third-order valence-corrected chi connectivity index (χ3v) is 13.4. The highest BCUT2D eigenvalue weighted by atomic mass is 16.7. The van der Waals surface area contributed by atoms with E-state index in [1.165, 1.54) is 0 Å². The van der Waals surface area contributed by atoms with E-state index in [1.807, 2.05) is 20.8 Å². The molecular weight excluding hydrogens is 600 g/mol. The molecule has 1 saturated heterocycles. The maximum Gasteiger partial charge on any atom is 0.187 e. The summed E-state index contributed by atoms with van der Waals surface area (Å²) in [7, 11) is 0. The van der Waals surface area contributed by atoms with Crippen molar-refractivity contribution in [2.75, 3.05) is 6.61 Å². The molecule has 4 fully saturated rings. The largest absolute Gasteiger partial charge is 0.394 e. The summed E-state index contributed by atoms with van der Waals surface area (Å²) < 4.78 is 11.4. The van der Waals surface area contributed by atoms with Gasteiger partial charge >= 0.3 is 0 Å². The maximum atomic E-state index is 13.9. The standard InChI is InChI=1S/C34H56O12/c1-16(30(2,3)42)11-25(38)33(6,43)24-8-10-34(44)18-12-20(36)19-13-22(45-29-28(41)27(40)26(39)23(15-35)46-29)21(37)14-31(19,4)17(18)7-9-32(24,34)5/h12,16-17,19,21-29,35,37-44H,7-11,13-15H2,1-6H3/t16-,17+,19+,21+,22-,23-,24+,25-,26-,27+,28-,29-,31-,32-,33-,34-/m1/s1. The number of aliphatic hydroxyl groups excluding tert-OH is 6. The molecule has 0 spiro atoms. The van der Waals surface area contributed by atoms with Gasteiger partial charge in [-0.3, -0.25) is 4.79 Å². The van der Waals surface area contributed by atoms with E-state index >= 15 is 0 Å². The van der Waals surface area contributed by atoms with Crippen molar-refractivity contribution in [2.45, 2.75) is 152 Å². The molecule has 1 aliphatic heterocycles. The Morgan fingerprint density at radius 3 is 2.28 bits per heavy atom. The molecule has 16 atom stereocenters. The number of carbonyl (C=O) groups excluding carboxylic acids is 1. The number of rotatable bonds is 8. The van der Waals surface area contributed by atoms with Crippen molar-refractivity contribution in [1.29, 1.82) is 0 Å². The summed E-state index contributed by atoms with van der Waals surface area (Å²) in [6.45, 7) is 10.0. The Balaban J connectivity index is 1.38. The number of ketones is 1. The SMILES string of the molecule is C[C@H](C[C@@H](O)[C@](C)(O)[C@H]1CC[C@@]2(O)C3=CC(=O)[C@@H]4C[C@@H](O[C@@H]5O[C@H](CO)[C@@H](O)[C@H](O)[C@H]5O)[C@@H](O)C[C@]4(C)[C@H]3CC[C@]12C)C(C)(C)O. The van der Waals surface area contributed by atoms with Crippen LogP contribution in [0.3, 0.4) is 0 Å². The molecule has 264 valence electrons. The smallest absolute Gasteiger partial charge is 0.187 e. The fourth-order valence-electron chi connectivity index (χ4n) is 9.89. The maximum absolute atomic E-state index is 13.9. The van der Waals surface area contributed by atoms with E-state index in [0.717, 1.165) is 0 Å². The van der Waals surface area contributed by atoms with Crippen LogP contribution in [0.2, 0.25) is 0 Å². The number of hydrogen-bond donors (Lipinski definition) is 9. The van der Waals surface area contributed by atoms with Crippen molar-refractivity contribution >= 4 is 5.78 Å². The van der Waals surface area contributed by atoms with E-state index < -0.39 is 95.1 Å². The molecule has 0 aromatic rings. The Kier molecular flexibility index (Phi) is 9.52. The zero-order valence-corrected chi connectivity index (χ0v) is 27.9. The van der Waals surface area contributed by atoms with Crippen LogP contribution >= 0.6 is 0 Å². The van der Waals surface area contributed by atoms with Crippen molar-refractivity contribution in [3.05, 3.63) is 11.6 Å². The molecule has 0 aromatic carbocycles. The first-order valence-electron chi connectivity index (χ1n) is 16.9. The normalized spacial score (nSPS) is 48.8. The van der Waals surface area contributed by atoms with Gasteiger partial charge in [0.15, 0.2) is 12.1 Å². The van der Waals surface area contributed by atoms with Crippen LogP contribution in [0.25, 0.3) is 0 Å². The monoisotopic (exact) mass is 656 g/mol. The van der Waals surface area contributed by atoms with Gasteiger partial charge in [-0.25, -0.2) is 0 Å². The van der Waals surface area contributed by atoms with E-state index in [-0.39, 0.29) is 36.9 Å². The van der Waals surface area contributed by atoms with E-state index in [2.05, 4.69) is 0 Å². The van der Waals surface area contributed by atoms with Gasteiger partial charge in [0, 0.05) is 11.3 Å². The van der Waals surface area contributed by atoms with Crippen LogP contribution in [-0.2, 0) is 14.3 Å². The van der Waals surface area contributed by atoms with E-state index in [1.54, 1.807) is 26.8 Å². The second kappa shape index (κ2) is 12.1. The molecule has 0 aromatic heterocycles. The van der Waals surface area contributed by atoms with Crippen LogP contribution < -0.4 is 0 Å². The second-order valence-corrected chi connectivity index (χ2v) is 16.4. The molecule has 1 heterocycles. The summed E-state index contributed by atoms with van der Waals surface area (Å²) in [6.07, 6.45) is -6.75. The molecule has 9 N–H and O–H groups in total. The van der Waals surface area contributed by atoms with Crippen LogP contribution in [0, 0.1) is 34.5 Å². The van der Waals surface area contributed by atoms with Gasteiger partial charge in [-0.2, -0.15) is 0 Å². The molecule has 3 saturated carbocycles. The lowest BCUT2D eigenvalue weighted by Gasteiger charge is -2.61. The molecule has 5 aliphatic rings. The van der Waals surface area contributed by atoms with Crippen molar-refractivity contribution in [3.8, 4) is 0 Å². The van der Waals surface area contributed by atoms with Gasteiger partial charge in [0.1, 0.15) is 24.4 Å². The number of fused-ring (bicyclic) bond motifs is 5. The van der Waals surface area contributed by atoms with E-state index in [9.17, 15) is 50.8 Å². The predicted octanol–water partition coefficient (Wildman–Crippen LogP) is -0.0758. The molecule has 0 radical (unpaired) electrons. The zero-order chi connectivity index (χ0) is 34.4. The third kappa shape index (κ3) is 5.53. The topological polar surface area (TPSA) is 218 Å². The molecule has 46 heavy (non-hydrogen) atoms. The molecular formula is C34H56O12. The first kappa shape index (κ1) is 36.3. The first-order valence-corrected chi connectivity index (χ1v) is 16.9. The van der Waals surface area contributed by atoms with Crippen LogP contribution in [0.15, 0.2) is 11.6 Å².